The molecule has 0 aliphatic heterocycles. The molecular formula is C22H23N3O4. The standard InChI is InChI=1S/C22H23N3O4/c1-15(13-20(26)29-3)23-22(27)18-14-25(16-9-5-4-6-10-16)24-21(18)17-11-7-8-12-19(17)28-2/h4-12,14-15H,13H2,1-3H3,(H,23,27). The first-order valence-electron chi connectivity index (χ1n) is 9.19. The van der Waals surface area contributed by atoms with Gasteiger partial charge < -0.3 is 14.8 Å². The third-order valence-electron chi connectivity index (χ3n) is 4.42. The summed E-state index contributed by atoms with van der Waals surface area (Å²) in [7, 11) is 2.89. The fourth-order valence-electron chi connectivity index (χ4n) is 2.98. The second-order valence-electron chi connectivity index (χ2n) is 6.53. The number of nitrogens with one attached hydrogen (secondary N) is 1. The molecule has 1 amide bonds. The van der Waals surface area contributed by atoms with E-state index in [0.717, 1.165) is 5.69 Å². The monoisotopic (exact) mass is 393 g/mol. The van der Waals surface area contributed by atoms with Gasteiger partial charge in [0.05, 0.1) is 31.9 Å². The van der Waals surface area contributed by atoms with Gasteiger partial charge in [-0.1, -0.05) is 30.3 Å². The number of aromatic nitrogens is 2. The van der Waals surface area contributed by atoms with Gasteiger partial charge in [0.15, 0.2) is 0 Å². The van der Waals surface area contributed by atoms with Crippen molar-refractivity contribution in [1.29, 1.82) is 0 Å². The molecule has 1 unspecified atom stereocenters. The second-order valence-corrected chi connectivity index (χ2v) is 6.53. The maximum atomic E-state index is 13.0. The summed E-state index contributed by atoms with van der Waals surface area (Å²) in [6.45, 7) is 1.75. The lowest BCUT2D eigenvalue weighted by Crippen LogP contribution is -2.34. The molecule has 2 aromatic carbocycles. The SMILES string of the molecule is COC(=O)CC(C)NC(=O)c1cn(-c2ccccc2)nc1-c1ccccc1OC. The number of carbonyl (C=O) groups excluding carboxylic acids is 2. The number of rotatable bonds is 7. The van der Waals surface area contributed by atoms with Crippen LogP contribution in [0.1, 0.15) is 23.7 Å². The zero-order valence-electron chi connectivity index (χ0n) is 16.6. The summed E-state index contributed by atoms with van der Waals surface area (Å²) >= 11 is 0. The molecule has 7 nitrogen and oxygen atoms in total. The van der Waals surface area contributed by atoms with Gasteiger partial charge in [-0.05, 0) is 31.2 Å². The average molecular weight is 393 g/mol. The molecule has 0 saturated heterocycles. The van der Waals surface area contributed by atoms with Gasteiger partial charge in [0, 0.05) is 17.8 Å². The van der Waals surface area contributed by atoms with Crippen molar-refractivity contribution < 1.29 is 19.1 Å². The van der Waals surface area contributed by atoms with Crippen LogP contribution < -0.4 is 10.1 Å². The number of hydrogen-bond donors (Lipinski definition) is 1. The first kappa shape index (κ1) is 20.1. The summed E-state index contributed by atoms with van der Waals surface area (Å²) in [5.74, 6) is -0.102. The topological polar surface area (TPSA) is 82.5 Å². The van der Waals surface area contributed by atoms with E-state index in [9.17, 15) is 9.59 Å². The normalized spacial score (nSPS) is 11.6. The van der Waals surface area contributed by atoms with Crippen molar-refractivity contribution in [2.45, 2.75) is 19.4 Å². The number of para-hydroxylation sites is 2. The Morgan fingerprint density at radius 2 is 1.76 bits per heavy atom. The van der Waals surface area contributed by atoms with Gasteiger partial charge in [-0.25, -0.2) is 4.68 Å². The van der Waals surface area contributed by atoms with Gasteiger partial charge in [-0.2, -0.15) is 5.10 Å². The molecule has 7 heteroatoms. The molecule has 0 radical (unpaired) electrons. The van der Waals surface area contributed by atoms with Crippen LogP contribution >= 0.6 is 0 Å². The highest BCUT2D eigenvalue weighted by Gasteiger charge is 2.22. The van der Waals surface area contributed by atoms with Gasteiger partial charge in [-0.3, -0.25) is 9.59 Å². The molecule has 3 rings (SSSR count). The zero-order chi connectivity index (χ0) is 20.8. The Kier molecular flexibility index (Phi) is 6.29. The quantitative estimate of drug-likeness (QED) is 0.623. The van der Waals surface area contributed by atoms with Gasteiger partial charge in [0.1, 0.15) is 11.4 Å². The molecule has 1 atom stereocenters. The Hall–Kier alpha value is -3.61. The Labute approximate surface area is 169 Å². The van der Waals surface area contributed by atoms with E-state index in [1.165, 1.54) is 7.11 Å². The molecule has 0 aliphatic carbocycles. The summed E-state index contributed by atoms with van der Waals surface area (Å²) < 4.78 is 11.8. The fraction of sp³-hybridized carbons (Fsp3) is 0.227. The lowest BCUT2D eigenvalue weighted by atomic mass is 10.1. The average Bonchev–Trinajstić information content (AvgIpc) is 3.19. The van der Waals surface area contributed by atoms with Crippen LogP contribution in [0.15, 0.2) is 60.8 Å². The van der Waals surface area contributed by atoms with Crippen LogP contribution in [0.25, 0.3) is 16.9 Å². The molecule has 1 aromatic heterocycles. The lowest BCUT2D eigenvalue weighted by Gasteiger charge is -2.13. The number of nitrogens with zero attached hydrogens (tertiary/aromatic N) is 2. The van der Waals surface area contributed by atoms with Crippen molar-refractivity contribution in [2.75, 3.05) is 14.2 Å². The summed E-state index contributed by atoms with van der Waals surface area (Å²) in [6, 6.07) is 16.5. The predicted molar refractivity (Wildman–Crippen MR) is 109 cm³/mol. The Bertz CT molecular complexity index is 998. The fourth-order valence-corrected chi connectivity index (χ4v) is 2.98. The van der Waals surface area contributed by atoms with E-state index in [1.54, 1.807) is 24.9 Å². The molecule has 150 valence electrons. The van der Waals surface area contributed by atoms with E-state index < -0.39 is 0 Å². The number of amides is 1. The van der Waals surface area contributed by atoms with Crippen LogP contribution in [-0.4, -0.2) is 41.9 Å². The van der Waals surface area contributed by atoms with Crippen LogP contribution in [0, 0.1) is 0 Å². The number of carbonyl (C=O) groups is 2. The van der Waals surface area contributed by atoms with Gasteiger partial charge >= 0.3 is 5.97 Å². The third-order valence-corrected chi connectivity index (χ3v) is 4.42. The van der Waals surface area contributed by atoms with Gasteiger partial charge in [-0.15, -0.1) is 0 Å². The first-order valence-corrected chi connectivity index (χ1v) is 9.19. The Morgan fingerprint density at radius 3 is 2.45 bits per heavy atom. The van der Waals surface area contributed by atoms with Crippen LogP contribution in [0.3, 0.4) is 0 Å². The maximum Gasteiger partial charge on any atom is 0.307 e. The Morgan fingerprint density at radius 1 is 1.07 bits per heavy atom. The number of esters is 1. The minimum Gasteiger partial charge on any atom is -0.496 e. The smallest absolute Gasteiger partial charge is 0.307 e. The van der Waals surface area contributed by atoms with Crippen molar-refractivity contribution in [3.05, 3.63) is 66.4 Å². The second kappa shape index (κ2) is 9.05. The highest BCUT2D eigenvalue weighted by Crippen LogP contribution is 2.31. The van der Waals surface area contributed by atoms with Crippen LogP contribution in [0.5, 0.6) is 5.75 Å². The molecule has 0 saturated carbocycles. The number of hydrogen-bond acceptors (Lipinski definition) is 5. The van der Waals surface area contributed by atoms with Crippen LogP contribution in [-0.2, 0) is 9.53 Å². The van der Waals surface area contributed by atoms with E-state index >= 15 is 0 Å². The van der Waals surface area contributed by atoms with E-state index in [-0.39, 0.29) is 24.3 Å². The van der Waals surface area contributed by atoms with Crippen LogP contribution in [0.2, 0.25) is 0 Å². The molecule has 3 aromatic rings. The van der Waals surface area contributed by atoms with Gasteiger partial charge in [0.2, 0.25) is 0 Å². The van der Waals surface area contributed by atoms with E-state index in [4.69, 9.17) is 4.74 Å². The summed E-state index contributed by atoms with van der Waals surface area (Å²) in [5.41, 5.74) is 2.41. The molecule has 1 heterocycles. The Balaban J connectivity index is 2.01. The van der Waals surface area contributed by atoms with Crippen molar-refractivity contribution in [2.24, 2.45) is 0 Å². The molecular weight excluding hydrogens is 370 g/mol. The molecule has 29 heavy (non-hydrogen) atoms. The zero-order valence-corrected chi connectivity index (χ0v) is 16.6. The molecule has 0 aliphatic rings. The van der Waals surface area contributed by atoms with Crippen molar-refractivity contribution >= 4 is 11.9 Å². The number of benzene rings is 2. The minimum atomic E-state index is -0.388. The first-order chi connectivity index (χ1) is 14.0. The van der Waals surface area contributed by atoms with Crippen LogP contribution in [0.4, 0.5) is 0 Å². The molecule has 0 spiro atoms. The lowest BCUT2D eigenvalue weighted by molar-refractivity contribution is -0.141. The van der Waals surface area contributed by atoms with Gasteiger partial charge in [0.25, 0.3) is 5.91 Å². The van der Waals surface area contributed by atoms with E-state index in [0.29, 0.717) is 22.6 Å². The summed E-state index contributed by atoms with van der Waals surface area (Å²) in [4.78, 5) is 24.5. The summed E-state index contributed by atoms with van der Waals surface area (Å²) in [5, 5.41) is 7.49. The minimum absolute atomic E-state index is 0.0824. The van der Waals surface area contributed by atoms with Crippen molar-refractivity contribution in [3.8, 4) is 22.7 Å². The van der Waals surface area contributed by atoms with Crippen molar-refractivity contribution in [1.82, 2.24) is 15.1 Å². The molecule has 0 bridgehead atoms. The molecule has 1 N–H and O–H groups in total. The highest BCUT2D eigenvalue weighted by molar-refractivity contribution is 6.00. The maximum absolute atomic E-state index is 13.0. The molecule has 0 fully saturated rings. The number of ether oxygens (including phenoxy) is 2. The summed E-state index contributed by atoms with van der Waals surface area (Å²) in [6.07, 6.45) is 1.76. The van der Waals surface area contributed by atoms with E-state index in [2.05, 4.69) is 15.2 Å². The van der Waals surface area contributed by atoms with E-state index in [1.807, 2.05) is 54.6 Å². The third kappa shape index (κ3) is 4.63. The van der Waals surface area contributed by atoms with Crippen molar-refractivity contribution in [3.63, 3.8) is 0 Å². The predicted octanol–water partition coefficient (Wildman–Crippen LogP) is 3.23. The largest absolute Gasteiger partial charge is 0.496 e. The highest BCUT2D eigenvalue weighted by atomic mass is 16.5. The number of methoxy groups -OCH3 is 2.